The largest absolute Gasteiger partial charge is 0.387 e. The number of methoxy groups -OCH3 is 1. The van der Waals surface area contributed by atoms with Gasteiger partial charge in [-0.3, -0.25) is 0 Å². The summed E-state index contributed by atoms with van der Waals surface area (Å²) in [5, 5.41) is 11.0. The van der Waals surface area contributed by atoms with Crippen molar-refractivity contribution in [2.45, 2.75) is 64.6 Å². The van der Waals surface area contributed by atoms with Crippen LogP contribution in [0.3, 0.4) is 0 Å². The molecule has 1 atom stereocenters. The molecule has 1 unspecified atom stereocenters. The zero-order valence-electron chi connectivity index (χ0n) is 12.0. The Bertz CT molecular complexity index is 253. The molecule has 0 aromatic carbocycles. The maximum Gasteiger partial charge on any atom is 0.0970 e. The third-order valence-electron chi connectivity index (χ3n) is 5.34. The van der Waals surface area contributed by atoms with E-state index in [1.807, 2.05) is 20.8 Å². The topological polar surface area (TPSA) is 55.5 Å². The minimum absolute atomic E-state index is 0.209. The molecule has 0 amide bonds. The fourth-order valence-electron chi connectivity index (χ4n) is 3.04. The van der Waals surface area contributed by atoms with Gasteiger partial charge in [-0.25, -0.2) is 0 Å². The summed E-state index contributed by atoms with van der Waals surface area (Å²) in [6, 6.07) is 0. The van der Waals surface area contributed by atoms with Crippen LogP contribution in [0.1, 0.15) is 53.4 Å². The Balaban J connectivity index is 3.00. The molecule has 0 spiro atoms. The van der Waals surface area contributed by atoms with E-state index in [4.69, 9.17) is 10.5 Å². The zero-order chi connectivity index (χ0) is 13.3. The second kappa shape index (κ2) is 4.87. The molecule has 0 aromatic rings. The van der Waals surface area contributed by atoms with Crippen LogP contribution in [0.2, 0.25) is 0 Å². The fourth-order valence-corrected chi connectivity index (χ4v) is 3.04. The lowest BCUT2D eigenvalue weighted by molar-refractivity contribution is -0.211. The molecule has 0 bridgehead atoms. The number of rotatable bonds is 4. The van der Waals surface area contributed by atoms with Crippen LogP contribution >= 0.6 is 0 Å². The Labute approximate surface area is 106 Å². The highest BCUT2D eigenvalue weighted by Gasteiger charge is 2.55. The number of nitrogens with two attached hydrogens (primary N) is 1. The third-order valence-corrected chi connectivity index (χ3v) is 5.34. The number of hydrogen-bond acceptors (Lipinski definition) is 3. The van der Waals surface area contributed by atoms with Crippen molar-refractivity contribution in [1.82, 2.24) is 0 Å². The molecule has 0 radical (unpaired) electrons. The van der Waals surface area contributed by atoms with E-state index in [1.165, 1.54) is 0 Å². The van der Waals surface area contributed by atoms with Gasteiger partial charge >= 0.3 is 0 Å². The summed E-state index contributed by atoms with van der Waals surface area (Å²) in [6.45, 7) is 8.58. The van der Waals surface area contributed by atoms with Crippen LogP contribution in [-0.4, -0.2) is 30.0 Å². The van der Waals surface area contributed by atoms with Gasteiger partial charge in [0, 0.05) is 19.1 Å². The zero-order valence-corrected chi connectivity index (χ0v) is 12.0. The maximum atomic E-state index is 11.0. The summed E-state index contributed by atoms with van der Waals surface area (Å²) in [5.41, 5.74) is 4.32. The van der Waals surface area contributed by atoms with Gasteiger partial charge in [0.1, 0.15) is 0 Å². The second-order valence-electron chi connectivity index (χ2n) is 6.45. The van der Waals surface area contributed by atoms with Gasteiger partial charge in [0.05, 0.1) is 11.2 Å². The molecule has 0 aromatic heterocycles. The van der Waals surface area contributed by atoms with E-state index in [1.54, 1.807) is 7.11 Å². The molecule has 1 aliphatic rings. The van der Waals surface area contributed by atoms with Crippen LogP contribution in [-0.2, 0) is 4.74 Å². The van der Waals surface area contributed by atoms with Gasteiger partial charge in [-0.1, -0.05) is 19.8 Å². The van der Waals surface area contributed by atoms with Crippen molar-refractivity contribution >= 4 is 0 Å². The van der Waals surface area contributed by atoms with E-state index in [0.717, 1.165) is 31.6 Å². The van der Waals surface area contributed by atoms with Crippen molar-refractivity contribution in [2.24, 2.45) is 17.1 Å². The van der Waals surface area contributed by atoms with E-state index < -0.39 is 11.2 Å². The lowest BCUT2D eigenvalue weighted by Gasteiger charge is -2.54. The fraction of sp³-hybridized carbons (Fsp3) is 1.00. The van der Waals surface area contributed by atoms with Gasteiger partial charge in [0.2, 0.25) is 0 Å². The molecule has 0 saturated heterocycles. The summed E-state index contributed by atoms with van der Waals surface area (Å²) in [5.74, 6) is 0.746. The molecule has 102 valence electrons. The van der Waals surface area contributed by atoms with Crippen molar-refractivity contribution in [3.05, 3.63) is 0 Å². The van der Waals surface area contributed by atoms with E-state index in [0.29, 0.717) is 6.54 Å². The van der Waals surface area contributed by atoms with Crippen LogP contribution in [0.4, 0.5) is 0 Å². The van der Waals surface area contributed by atoms with Crippen LogP contribution in [0, 0.1) is 11.3 Å². The Hall–Kier alpha value is -0.120. The molecule has 0 heterocycles. The number of hydrogen-bond donors (Lipinski definition) is 2. The molecule has 3 nitrogen and oxygen atoms in total. The van der Waals surface area contributed by atoms with Crippen molar-refractivity contribution < 1.29 is 9.84 Å². The quantitative estimate of drug-likeness (QED) is 0.796. The highest BCUT2D eigenvalue weighted by atomic mass is 16.5. The molecular formula is C14H29NO2. The molecule has 1 saturated carbocycles. The summed E-state index contributed by atoms with van der Waals surface area (Å²) >= 11 is 0. The average molecular weight is 243 g/mol. The third kappa shape index (κ3) is 2.38. The number of ether oxygens (including phenoxy) is 1. The normalized spacial score (nSPS) is 34.4. The highest BCUT2D eigenvalue weighted by Crippen LogP contribution is 2.50. The molecule has 3 heteroatoms. The molecule has 17 heavy (non-hydrogen) atoms. The first-order valence-corrected chi connectivity index (χ1v) is 6.70. The van der Waals surface area contributed by atoms with E-state index in [9.17, 15) is 5.11 Å². The minimum atomic E-state index is -0.899. The van der Waals surface area contributed by atoms with Crippen LogP contribution in [0.15, 0.2) is 0 Å². The molecular weight excluding hydrogens is 214 g/mol. The Morgan fingerprint density at radius 2 is 1.76 bits per heavy atom. The molecule has 1 rings (SSSR count). The lowest BCUT2D eigenvalue weighted by Crippen LogP contribution is -2.63. The maximum absolute atomic E-state index is 11.0. The first-order chi connectivity index (χ1) is 7.72. The second-order valence-corrected chi connectivity index (χ2v) is 6.45. The van der Waals surface area contributed by atoms with E-state index in [-0.39, 0.29) is 5.41 Å². The first-order valence-electron chi connectivity index (χ1n) is 6.70. The SMILES string of the molecule is COC(C)(C)C(C)(O)C1(CN)CCC(C)CC1. The van der Waals surface area contributed by atoms with Crippen LogP contribution in [0.5, 0.6) is 0 Å². The Morgan fingerprint density at radius 3 is 2.12 bits per heavy atom. The first kappa shape index (κ1) is 14.9. The van der Waals surface area contributed by atoms with Crippen LogP contribution in [0.25, 0.3) is 0 Å². The summed E-state index contributed by atoms with van der Waals surface area (Å²) in [4.78, 5) is 0. The minimum Gasteiger partial charge on any atom is -0.387 e. The van der Waals surface area contributed by atoms with Crippen molar-refractivity contribution in [2.75, 3.05) is 13.7 Å². The van der Waals surface area contributed by atoms with Gasteiger partial charge in [0.25, 0.3) is 0 Å². The Morgan fingerprint density at radius 1 is 1.29 bits per heavy atom. The molecule has 0 aliphatic heterocycles. The van der Waals surface area contributed by atoms with E-state index in [2.05, 4.69) is 6.92 Å². The predicted molar refractivity (Wildman–Crippen MR) is 70.8 cm³/mol. The van der Waals surface area contributed by atoms with Crippen molar-refractivity contribution in [3.63, 3.8) is 0 Å². The van der Waals surface area contributed by atoms with Crippen LogP contribution < -0.4 is 5.73 Å². The standard InChI is InChI=1S/C14H29NO2/c1-11-6-8-14(10-15,9-7-11)13(4,16)12(2,3)17-5/h11,16H,6-10,15H2,1-5H3. The average Bonchev–Trinajstić information content (AvgIpc) is 2.30. The monoisotopic (exact) mass is 243 g/mol. The summed E-state index contributed by atoms with van der Waals surface area (Å²) < 4.78 is 5.50. The van der Waals surface area contributed by atoms with Crippen molar-refractivity contribution in [1.29, 1.82) is 0 Å². The highest BCUT2D eigenvalue weighted by molar-refractivity contribution is 5.07. The van der Waals surface area contributed by atoms with Crippen molar-refractivity contribution in [3.8, 4) is 0 Å². The summed E-state index contributed by atoms with van der Waals surface area (Å²) in [6.07, 6.45) is 4.27. The smallest absolute Gasteiger partial charge is 0.0970 e. The molecule has 3 N–H and O–H groups in total. The van der Waals surface area contributed by atoms with Gasteiger partial charge in [0.15, 0.2) is 0 Å². The van der Waals surface area contributed by atoms with Gasteiger partial charge in [-0.15, -0.1) is 0 Å². The van der Waals surface area contributed by atoms with Gasteiger partial charge < -0.3 is 15.6 Å². The lowest BCUT2D eigenvalue weighted by atomic mass is 9.57. The summed E-state index contributed by atoms with van der Waals surface area (Å²) in [7, 11) is 1.66. The van der Waals surface area contributed by atoms with E-state index >= 15 is 0 Å². The van der Waals surface area contributed by atoms with Gasteiger partial charge in [-0.2, -0.15) is 0 Å². The number of aliphatic hydroxyl groups is 1. The molecule has 1 aliphatic carbocycles. The Kier molecular flexibility index (Phi) is 4.28. The predicted octanol–water partition coefficient (Wildman–Crippen LogP) is 2.32. The van der Waals surface area contributed by atoms with Gasteiger partial charge in [-0.05, 0) is 39.5 Å². The molecule has 1 fully saturated rings.